The zero-order valence-electron chi connectivity index (χ0n) is 9.22. The lowest BCUT2D eigenvalue weighted by atomic mass is 10.4. The van der Waals surface area contributed by atoms with Gasteiger partial charge in [-0.05, 0) is 39.0 Å². The van der Waals surface area contributed by atoms with Gasteiger partial charge in [0.2, 0.25) is 10.0 Å². The van der Waals surface area contributed by atoms with E-state index in [0.29, 0.717) is 17.3 Å². The minimum Gasteiger partial charge on any atom is -0.326 e. The Morgan fingerprint density at radius 1 is 1.28 bits per heavy atom. The lowest BCUT2D eigenvalue weighted by Crippen LogP contribution is -2.21. The van der Waals surface area contributed by atoms with Gasteiger partial charge in [-0.1, -0.05) is 0 Å². The molecule has 0 unspecified atom stereocenters. The van der Waals surface area contributed by atoms with Crippen molar-refractivity contribution in [2.24, 2.45) is 5.73 Å². The summed E-state index contributed by atoms with van der Waals surface area (Å²) in [6.45, 7) is 0.651. The lowest BCUT2D eigenvalue weighted by Gasteiger charge is -2.02. The highest BCUT2D eigenvalue weighted by molar-refractivity contribution is 9.10. The van der Waals surface area contributed by atoms with Crippen molar-refractivity contribution >= 4 is 48.6 Å². The molecule has 0 amide bonds. The van der Waals surface area contributed by atoms with Gasteiger partial charge in [-0.25, -0.2) is 13.1 Å². The summed E-state index contributed by atoms with van der Waals surface area (Å²) in [6, 6.07) is 3.50. The summed E-state index contributed by atoms with van der Waals surface area (Å²) in [4.78, 5) is 0.959. The van der Waals surface area contributed by atoms with Gasteiger partial charge in [0, 0.05) is 27.8 Å². The highest BCUT2D eigenvalue weighted by Crippen LogP contribution is 2.22. The third-order valence-electron chi connectivity index (χ3n) is 2.19. The SMILES string of the molecule is NCc1csc(S(=O)(=O)NCc2cc(Br)cs2)c1. The summed E-state index contributed by atoms with van der Waals surface area (Å²) in [5, 5.41) is 3.68. The van der Waals surface area contributed by atoms with Gasteiger partial charge in [0.25, 0.3) is 0 Å². The summed E-state index contributed by atoms with van der Waals surface area (Å²) in [7, 11) is -3.43. The largest absolute Gasteiger partial charge is 0.326 e. The fourth-order valence-electron chi connectivity index (χ4n) is 1.28. The van der Waals surface area contributed by atoms with Crippen LogP contribution in [0.5, 0.6) is 0 Å². The van der Waals surface area contributed by atoms with Crippen molar-refractivity contribution in [3.8, 4) is 0 Å². The third-order valence-corrected chi connectivity index (χ3v) is 6.78. The van der Waals surface area contributed by atoms with Crippen LogP contribution in [0.3, 0.4) is 0 Å². The molecule has 0 spiro atoms. The van der Waals surface area contributed by atoms with Crippen molar-refractivity contribution in [3.63, 3.8) is 0 Å². The quantitative estimate of drug-likeness (QED) is 0.853. The minimum atomic E-state index is -3.43. The molecule has 0 aromatic carbocycles. The molecule has 2 rings (SSSR count). The molecular weight excluding hydrogens is 356 g/mol. The molecule has 0 aliphatic rings. The van der Waals surface area contributed by atoms with Gasteiger partial charge >= 0.3 is 0 Å². The van der Waals surface area contributed by atoms with E-state index in [4.69, 9.17) is 5.73 Å². The van der Waals surface area contributed by atoms with E-state index in [2.05, 4.69) is 20.7 Å². The topological polar surface area (TPSA) is 72.2 Å². The number of rotatable bonds is 5. The molecule has 3 N–H and O–H groups in total. The minimum absolute atomic E-state index is 0.300. The molecule has 18 heavy (non-hydrogen) atoms. The Hall–Kier alpha value is -0.250. The van der Waals surface area contributed by atoms with Gasteiger partial charge in [-0.3, -0.25) is 0 Å². The number of hydrogen-bond acceptors (Lipinski definition) is 5. The first kappa shape index (κ1) is 14.2. The van der Waals surface area contributed by atoms with E-state index in [-0.39, 0.29) is 0 Å². The molecule has 0 saturated heterocycles. The first-order valence-corrected chi connectivity index (χ1v) is 9.05. The lowest BCUT2D eigenvalue weighted by molar-refractivity contribution is 0.584. The van der Waals surface area contributed by atoms with Crippen LogP contribution in [0.1, 0.15) is 10.4 Å². The predicted molar refractivity (Wildman–Crippen MR) is 78.3 cm³/mol. The fraction of sp³-hybridized carbons (Fsp3) is 0.200. The third kappa shape index (κ3) is 3.40. The van der Waals surface area contributed by atoms with Crippen LogP contribution in [-0.2, 0) is 23.1 Å². The highest BCUT2D eigenvalue weighted by atomic mass is 79.9. The Morgan fingerprint density at radius 2 is 2.06 bits per heavy atom. The average Bonchev–Trinajstić information content (AvgIpc) is 2.95. The maximum absolute atomic E-state index is 12.0. The van der Waals surface area contributed by atoms with Crippen LogP contribution in [0.2, 0.25) is 0 Å². The van der Waals surface area contributed by atoms with Crippen LogP contribution in [-0.4, -0.2) is 8.42 Å². The van der Waals surface area contributed by atoms with Gasteiger partial charge < -0.3 is 5.73 Å². The summed E-state index contributed by atoms with van der Waals surface area (Å²) in [6.07, 6.45) is 0. The number of thiophene rings is 2. The Kier molecular flexibility index (Phi) is 4.57. The normalized spacial score (nSPS) is 11.9. The van der Waals surface area contributed by atoms with Crippen LogP contribution in [0, 0.1) is 0 Å². The molecule has 98 valence electrons. The zero-order valence-corrected chi connectivity index (χ0v) is 13.3. The second kappa shape index (κ2) is 5.81. The number of hydrogen-bond donors (Lipinski definition) is 2. The Morgan fingerprint density at radius 3 is 2.61 bits per heavy atom. The van der Waals surface area contributed by atoms with Crippen molar-refractivity contribution in [2.45, 2.75) is 17.3 Å². The number of sulfonamides is 1. The average molecular weight is 367 g/mol. The van der Waals surface area contributed by atoms with E-state index >= 15 is 0 Å². The van der Waals surface area contributed by atoms with E-state index in [1.54, 1.807) is 11.4 Å². The monoisotopic (exact) mass is 366 g/mol. The van der Waals surface area contributed by atoms with Crippen LogP contribution in [0.4, 0.5) is 0 Å². The van der Waals surface area contributed by atoms with E-state index in [9.17, 15) is 8.42 Å². The predicted octanol–water partition coefficient (Wildman–Crippen LogP) is 2.51. The summed E-state index contributed by atoms with van der Waals surface area (Å²) in [5.74, 6) is 0. The molecule has 4 nitrogen and oxygen atoms in total. The first-order valence-electron chi connectivity index (χ1n) is 5.01. The summed E-state index contributed by atoms with van der Waals surface area (Å²) in [5.41, 5.74) is 6.29. The van der Waals surface area contributed by atoms with Gasteiger partial charge in [0.1, 0.15) is 4.21 Å². The standard InChI is InChI=1S/C10H11BrN2O2S3/c11-8-2-9(16-6-8)4-13-18(14,15)10-1-7(3-12)5-17-10/h1-2,5-6,13H,3-4,12H2. The Labute approximate surface area is 122 Å². The molecule has 2 aromatic heterocycles. The molecule has 0 bridgehead atoms. The molecule has 2 aromatic rings. The van der Waals surface area contributed by atoms with Crippen molar-refractivity contribution in [3.05, 3.63) is 37.8 Å². The van der Waals surface area contributed by atoms with E-state index in [1.165, 1.54) is 22.7 Å². The van der Waals surface area contributed by atoms with Gasteiger partial charge in [-0.15, -0.1) is 22.7 Å². The maximum Gasteiger partial charge on any atom is 0.250 e. The molecule has 0 radical (unpaired) electrons. The molecule has 2 heterocycles. The van der Waals surface area contributed by atoms with Crippen molar-refractivity contribution in [1.29, 1.82) is 0 Å². The van der Waals surface area contributed by atoms with Gasteiger partial charge in [-0.2, -0.15) is 0 Å². The maximum atomic E-state index is 12.0. The number of halogens is 1. The Balaban J connectivity index is 2.07. The highest BCUT2D eigenvalue weighted by Gasteiger charge is 2.16. The van der Waals surface area contributed by atoms with Gasteiger partial charge in [0.15, 0.2) is 0 Å². The molecule has 0 aliphatic carbocycles. The van der Waals surface area contributed by atoms with Crippen molar-refractivity contribution < 1.29 is 8.42 Å². The molecule has 0 aliphatic heterocycles. The van der Waals surface area contributed by atoms with Crippen molar-refractivity contribution in [2.75, 3.05) is 0 Å². The fourth-order valence-corrected chi connectivity index (χ4v) is 5.04. The van der Waals surface area contributed by atoms with E-state index in [1.807, 2.05) is 11.4 Å². The molecule has 0 fully saturated rings. The second-order valence-electron chi connectivity index (χ2n) is 3.53. The van der Waals surface area contributed by atoms with Crippen LogP contribution >= 0.6 is 38.6 Å². The second-order valence-corrected chi connectivity index (χ2v) is 8.35. The van der Waals surface area contributed by atoms with Crippen LogP contribution in [0.25, 0.3) is 0 Å². The van der Waals surface area contributed by atoms with E-state index in [0.717, 1.165) is 14.9 Å². The Bertz CT molecular complexity index is 633. The van der Waals surface area contributed by atoms with Gasteiger partial charge in [0.05, 0.1) is 0 Å². The molecule has 8 heteroatoms. The molecule has 0 atom stereocenters. The molecular formula is C10H11BrN2O2S3. The summed E-state index contributed by atoms with van der Waals surface area (Å²) < 4.78 is 27.8. The smallest absolute Gasteiger partial charge is 0.250 e. The summed E-state index contributed by atoms with van der Waals surface area (Å²) >= 11 is 6.02. The number of nitrogens with one attached hydrogen (secondary N) is 1. The van der Waals surface area contributed by atoms with Crippen molar-refractivity contribution in [1.82, 2.24) is 4.72 Å². The van der Waals surface area contributed by atoms with Crippen LogP contribution < -0.4 is 10.5 Å². The first-order chi connectivity index (χ1) is 8.51. The van der Waals surface area contributed by atoms with Crippen LogP contribution in [0.15, 0.2) is 31.6 Å². The zero-order chi connectivity index (χ0) is 13.2. The molecule has 0 saturated carbocycles. The van der Waals surface area contributed by atoms with E-state index < -0.39 is 10.0 Å². The number of nitrogens with two attached hydrogens (primary N) is 1.